The fourth-order valence-corrected chi connectivity index (χ4v) is 2.17. The van der Waals surface area contributed by atoms with Gasteiger partial charge in [0.2, 0.25) is 0 Å². The Morgan fingerprint density at radius 2 is 1.05 bits per heavy atom. The molecule has 22 heavy (non-hydrogen) atoms. The van der Waals surface area contributed by atoms with Crippen LogP contribution in [0.2, 0.25) is 0 Å². The molecule has 0 aromatic heterocycles. The molecule has 0 radical (unpaired) electrons. The molecule has 0 saturated carbocycles. The van der Waals surface area contributed by atoms with Crippen LogP contribution in [0.4, 0.5) is 27.6 Å². The molecule has 2 aromatic carbocycles. The van der Waals surface area contributed by atoms with E-state index in [9.17, 15) is 31.5 Å². The Kier molecular flexibility index (Phi) is 2.98. The second kappa shape index (κ2) is 4.62. The van der Waals surface area contributed by atoms with Gasteiger partial charge in [0.05, 0.1) is 16.8 Å². The van der Waals surface area contributed by atoms with Crippen molar-refractivity contribution in [2.75, 3.05) is 4.90 Å². The summed E-state index contributed by atoms with van der Waals surface area (Å²) in [7, 11) is 0. The summed E-state index contributed by atoms with van der Waals surface area (Å²) in [6.45, 7) is 0. The first-order valence-electron chi connectivity index (χ1n) is 5.85. The summed E-state index contributed by atoms with van der Waals surface area (Å²) < 4.78 is 66.6. The van der Waals surface area contributed by atoms with Crippen molar-refractivity contribution >= 4 is 17.5 Å². The summed E-state index contributed by atoms with van der Waals surface area (Å²) in [5, 5.41) is 0. The number of anilines is 1. The average Bonchev–Trinajstić information content (AvgIpc) is 2.75. The molecule has 0 saturated heterocycles. The van der Waals surface area contributed by atoms with Crippen LogP contribution < -0.4 is 4.90 Å². The minimum absolute atomic E-state index is 0.188. The molecular weight excluding hydrogens is 309 g/mol. The van der Waals surface area contributed by atoms with E-state index < -0.39 is 52.0 Å². The molecule has 8 heteroatoms. The van der Waals surface area contributed by atoms with Crippen molar-refractivity contribution in [3.05, 3.63) is 64.5 Å². The number of nitrogens with zero attached hydrogens (tertiary/aromatic N) is 1. The summed E-state index contributed by atoms with van der Waals surface area (Å²) in [6, 6.07) is 3.85. The number of fused-ring (bicyclic) bond motifs is 1. The topological polar surface area (TPSA) is 37.4 Å². The van der Waals surface area contributed by atoms with E-state index in [1.165, 1.54) is 0 Å². The molecule has 1 heterocycles. The molecule has 0 fully saturated rings. The highest BCUT2D eigenvalue weighted by molar-refractivity contribution is 6.34. The average molecular weight is 313 g/mol. The molecule has 112 valence electrons. The zero-order valence-corrected chi connectivity index (χ0v) is 10.5. The summed E-state index contributed by atoms with van der Waals surface area (Å²) in [4.78, 5) is 24.4. The smallest absolute Gasteiger partial charge is 0.268 e. The fourth-order valence-electron chi connectivity index (χ4n) is 2.17. The number of imide groups is 1. The van der Waals surface area contributed by atoms with E-state index in [0.29, 0.717) is 4.90 Å². The summed E-state index contributed by atoms with van der Waals surface area (Å²) >= 11 is 0. The Morgan fingerprint density at radius 1 is 0.636 bits per heavy atom. The third kappa shape index (κ3) is 1.73. The molecule has 2 amide bonds. The number of halogens is 5. The molecule has 0 aliphatic carbocycles. The Morgan fingerprint density at radius 3 is 1.45 bits per heavy atom. The largest absolute Gasteiger partial charge is 0.269 e. The molecule has 1 aliphatic rings. The van der Waals surface area contributed by atoms with Gasteiger partial charge < -0.3 is 0 Å². The first-order valence-corrected chi connectivity index (χ1v) is 5.85. The van der Waals surface area contributed by atoms with E-state index in [2.05, 4.69) is 0 Å². The molecule has 3 nitrogen and oxygen atoms in total. The lowest BCUT2D eigenvalue weighted by molar-refractivity contribution is 0.0924. The lowest BCUT2D eigenvalue weighted by atomic mass is 10.1. The monoisotopic (exact) mass is 313 g/mol. The van der Waals surface area contributed by atoms with Gasteiger partial charge in [-0.2, -0.15) is 0 Å². The minimum atomic E-state index is -2.18. The van der Waals surface area contributed by atoms with Gasteiger partial charge in [0, 0.05) is 0 Å². The highest BCUT2D eigenvalue weighted by atomic mass is 19.2. The van der Waals surface area contributed by atoms with Crippen molar-refractivity contribution in [2.45, 2.75) is 0 Å². The number of amides is 2. The van der Waals surface area contributed by atoms with Crippen LogP contribution in [-0.2, 0) is 0 Å². The number of hydrogen-bond donors (Lipinski definition) is 0. The van der Waals surface area contributed by atoms with Crippen molar-refractivity contribution < 1.29 is 31.5 Å². The summed E-state index contributed by atoms with van der Waals surface area (Å²) in [6.07, 6.45) is 0. The number of carbonyl (C=O) groups excluding carboxylic acids is 2. The minimum Gasteiger partial charge on any atom is -0.268 e. The van der Waals surface area contributed by atoms with Crippen molar-refractivity contribution in [3.63, 3.8) is 0 Å². The fraction of sp³-hybridized carbons (Fsp3) is 0. The standard InChI is InChI=1S/C14H4F5NO2/c15-5-1-3-6(4-2-5)20-13(21)7-8(14(20)22)10(17)12(19)11(18)9(7)16/h1-4H. The van der Waals surface area contributed by atoms with E-state index in [4.69, 9.17) is 0 Å². The van der Waals surface area contributed by atoms with Crippen molar-refractivity contribution in [1.29, 1.82) is 0 Å². The maximum Gasteiger partial charge on any atom is 0.269 e. The number of carbonyl (C=O) groups is 2. The normalized spacial score (nSPS) is 13.8. The highest BCUT2D eigenvalue weighted by Crippen LogP contribution is 2.34. The van der Waals surface area contributed by atoms with Gasteiger partial charge in [-0.05, 0) is 24.3 Å². The Hall–Kier alpha value is -2.77. The van der Waals surface area contributed by atoms with Gasteiger partial charge >= 0.3 is 0 Å². The maximum atomic E-state index is 13.7. The van der Waals surface area contributed by atoms with Gasteiger partial charge in [-0.1, -0.05) is 0 Å². The molecule has 0 atom stereocenters. The van der Waals surface area contributed by atoms with Gasteiger partial charge in [-0.15, -0.1) is 0 Å². The van der Waals surface area contributed by atoms with Crippen LogP contribution in [0.15, 0.2) is 24.3 Å². The van der Waals surface area contributed by atoms with E-state index in [0.717, 1.165) is 24.3 Å². The highest BCUT2D eigenvalue weighted by Gasteiger charge is 2.44. The van der Waals surface area contributed by atoms with Crippen LogP contribution >= 0.6 is 0 Å². The lowest BCUT2D eigenvalue weighted by Crippen LogP contribution is -2.29. The van der Waals surface area contributed by atoms with Gasteiger partial charge in [-0.3, -0.25) is 9.59 Å². The van der Waals surface area contributed by atoms with Crippen LogP contribution in [0.25, 0.3) is 0 Å². The van der Waals surface area contributed by atoms with E-state index in [1.54, 1.807) is 0 Å². The van der Waals surface area contributed by atoms with Crippen molar-refractivity contribution in [3.8, 4) is 0 Å². The van der Waals surface area contributed by atoms with Gasteiger partial charge in [0.25, 0.3) is 11.8 Å². The molecule has 0 unspecified atom stereocenters. The first-order chi connectivity index (χ1) is 10.3. The predicted molar refractivity (Wildman–Crippen MR) is 63.8 cm³/mol. The van der Waals surface area contributed by atoms with Crippen LogP contribution in [0.1, 0.15) is 20.7 Å². The zero-order chi connectivity index (χ0) is 16.2. The molecule has 2 aromatic rings. The van der Waals surface area contributed by atoms with Crippen LogP contribution in [0.5, 0.6) is 0 Å². The quantitative estimate of drug-likeness (QED) is 0.351. The van der Waals surface area contributed by atoms with E-state index in [1.807, 2.05) is 0 Å². The molecule has 1 aliphatic heterocycles. The Bertz CT molecular complexity index is 785. The van der Waals surface area contributed by atoms with Crippen LogP contribution in [0, 0.1) is 29.1 Å². The zero-order valence-electron chi connectivity index (χ0n) is 10.5. The Balaban J connectivity index is 2.23. The number of rotatable bonds is 1. The van der Waals surface area contributed by atoms with Crippen LogP contribution in [-0.4, -0.2) is 11.8 Å². The van der Waals surface area contributed by atoms with Crippen molar-refractivity contribution in [1.82, 2.24) is 0 Å². The van der Waals surface area contributed by atoms with Crippen LogP contribution in [0.3, 0.4) is 0 Å². The third-order valence-corrected chi connectivity index (χ3v) is 3.19. The van der Waals surface area contributed by atoms with E-state index in [-0.39, 0.29) is 5.69 Å². The summed E-state index contributed by atoms with van der Waals surface area (Å²) in [5.74, 6) is -11.6. The predicted octanol–water partition coefficient (Wildman–Crippen LogP) is 3.18. The van der Waals surface area contributed by atoms with Gasteiger partial charge in [0.15, 0.2) is 23.3 Å². The molecule has 0 N–H and O–H groups in total. The molecule has 0 bridgehead atoms. The molecule has 0 spiro atoms. The first kappa shape index (κ1) is 14.2. The maximum absolute atomic E-state index is 13.7. The lowest BCUT2D eigenvalue weighted by Gasteiger charge is -2.13. The Labute approximate surface area is 119 Å². The molecule has 3 rings (SSSR count). The third-order valence-electron chi connectivity index (χ3n) is 3.19. The van der Waals surface area contributed by atoms with Gasteiger partial charge in [0.1, 0.15) is 5.82 Å². The van der Waals surface area contributed by atoms with E-state index >= 15 is 0 Å². The summed E-state index contributed by atoms with van der Waals surface area (Å²) in [5.41, 5.74) is -2.57. The number of hydrogen-bond acceptors (Lipinski definition) is 2. The SMILES string of the molecule is O=C1c2c(F)c(F)c(F)c(F)c2C(=O)N1c1ccc(F)cc1. The molecular formula is C14H4F5NO2. The second-order valence-electron chi connectivity index (χ2n) is 4.43. The second-order valence-corrected chi connectivity index (χ2v) is 4.43. The number of benzene rings is 2. The van der Waals surface area contributed by atoms with Gasteiger partial charge in [-0.25, -0.2) is 26.9 Å². The van der Waals surface area contributed by atoms with Crippen molar-refractivity contribution in [2.24, 2.45) is 0 Å².